The Kier molecular flexibility index (Phi) is 11.1. The van der Waals surface area contributed by atoms with E-state index in [0.29, 0.717) is 48.7 Å². The lowest BCUT2D eigenvalue weighted by Crippen LogP contribution is -2.46. The Morgan fingerprint density at radius 3 is 2.59 bits per heavy atom. The number of aryl methyl sites for hydroxylation is 2. The molecule has 1 unspecified atom stereocenters. The van der Waals surface area contributed by atoms with Gasteiger partial charge in [0.05, 0.1) is 17.3 Å². The van der Waals surface area contributed by atoms with Gasteiger partial charge in [-0.3, -0.25) is 19.6 Å². The van der Waals surface area contributed by atoms with Crippen molar-refractivity contribution in [2.75, 3.05) is 37.0 Å². The van der Waals surface area contributed by atoms with Crippen LogP contribution in [0.1, 0.15) is 80.9 Å². The molecule has 0 bridgehead atoms. The van der Waals surface area contributed by atoms with Gasteiger partial charge < -0.3 is 24.3 Å². The minimum absolute atomic E-state index is 0.0362. The number of amides is 3. The number of rotatable bonds is 11. The lowest BCUT2D eigenvalue weighted by Gasteiger charge is -2.36. The summed E-state index contributed by atoms with van der Waals surface area (Å²) in [5, 5.41) is 10.1. The van der Waals surface area contributed by atoms with Gasteiger partial charge in [-0.2, -0.15) is 5.10 Å². The molecule has 1 fully saturated rings. The van der Waals surface area contributed by atoms with Crippen molar-refractivity contribution in [3.8, 4) is 0 Å². The zero-order valence-corrected chi connectivity index (χ0v) is 29.2. The Balaban J connectivity index is 1.34. The highest BCUT2D eigenvalue weighted by molar-refractivity contribution is 6.04. The number of aromatic nitrogens is 3. The molecule has 11 nitrogen and oxygen atoms in total. The van der Waals surface area contributed by atoms with Crippen LogP contribution in [0.3, 0.4) is 0 Å². The van der Waals surface area contributed by atoms with Crippen molar-refractivity contribution in [1.29, 1.82) is 0 Å². The molecule has 4 aromatic rings. The summed E-state index contributed by atoms with van der Waals surface area (Å²) < 4.78 is 28.4. The number of likely N-dealkylation sites (tertiary alicyclic amines) is 1. The van der Waals surface area contributed by atoms with Crippen LogP contribution >= 0.6 is 0 Å². The number of para-hydroxylation sites is 1. The fourth-order valence-electron chi connectivity index (χ4n) is 6.71. The standard InChI is InChI=1S/C37H47FN6O5/c1-24(44(36(47)49-37(3,4)5)29-15-13-28(14-16-29)41-35(46)27-21-39-40-22-27)20-32(45)42-17-8-10-26(23-42)33-25(2)30-11-7-12-31(38)34(30)43(33)18-9-19-48-6/h7,11-16,21-22,24,26H,8-10,17-20,23H2,1-6H3,(H,39,40)(H,41,46)/t24-,26?/m1/s1. The Morgan fingerprint density at radius 2 is 1.92 bits per heavy atom. The van der Waals surface area contributed by atoms with Crippen molar-refractivity contribution in [3.05, 3.63) is 77.5 Å². The van der Waals surface area contributed by atoms with E-state index in [1.807, 2.05) is 24.8 Å². The zero-order valence-electron chi connectivity index (χ0n) is 29.2. The lowest BCUT2D eigenvalue weighted by atomic mass is 9.91. The first-order valence-corrected chi connectivity index (χ1v) is 16.8. The molecular formula is C37H47FN6O5. The molecule has 2 aromatic carbocycles. The normalized spacial score (nSPS) is 15.7. The summed E-state index contributed by atoms with van der Waals surface area (Å²) >= 11 is 0. The van der Waals surface area contributed by atoms with E-state index in [-0.39, 0.29) is 30.0 Å². The number of aromatic amines is 1. The van der Waals surface area contributed by atoms with Crippen LogP contribution in [0.25, 0.3) is 10.9 Å². The number of anilines is 2. The smallest absolute Gasteiger partial charge is 0.415 e. The number of hydrogen-bond acceptors (Lipinski definition) is 6. The van der Waals surface area contributed by atoms with Crippen LogP contribution in [-0.4, -0.2) is 76.0 Å². The molecule has 3 amide bonds. The average molecular weight is 675 g/mol. The first-order valence-electron chi connectivity index (χ1n) is 16.8. The summed E-state index contributed by atoms with van der Waals surface area (Å²) in [6.07, 6.45) is 4.88. The summed E-state index contributed by atoms with van der Waals surface area (Å²) in [7, 11) is 1.66. The summed E-state index contributed by atoms with van der Waals surface area (Å²) in [6, 6.07) is 11.5. The topological polar surface area (TPSA) is 122 Å². The van der Waals surface area contributed by atoms with E-state index >= 15 is 4.39 Å². The molecule has 1 aliphatic rings. The number of hydrogen-bond donors (Lipinski definition) is 2. The number of H-pyrrole nitrogens is 1. The van der Waals surface area contributed by atoms with E-state index in [4.69, 9.17) is 9.47 Å². The van der Waals surface area contributed by atoms with Gasteiger partial charge in [0.1, 0.15) is 11.4 Å². The third-order valence-electron chi connectivity index (χ3n) is 8.89. The zero-order chi connectivity index (χ0) is 35.3. The molecule has 1 saturated heterocycles. The second-order valence-corrected chi connectivity index (χ2v) is 13.7. The number of methoxy groups -OCH3 is 1. The Labute approximate surface area is 286 Å². The number of piperidine rings is 1. The molecule has 3 heterocycles. The Hall–Kier alpha value is -4.71. The second-order valence-electron chi connectivity index (χ2n) is 13.7. The van der Waals surface area contributed by atoms with Crippen molar-refractivity contribution in [2.45, 2.75) is 84.4 Å². The monoisotopic (exact) mass is 674 g/mol. The number of fused-ring (bicyclic) bond motifs is 1. The SMILES string of the molecule is COCCCn1c(C2CCCN(C(=O)C[C@@H](C)N(C(=O)OC(C)(C)C)c3ccc(NC(=O)c4cn[nH]c4)cc3)C2)c(C)c2cccc(F)c21. The predicted octanol–water partition coefficient (Wildman–Crippen LogP) is 7.03. The number of nitrogens with one attached hydrogen (secondary N) is 2. The molecule has 2 atom stereocenters. The van der Waals surface area contributed by atoms with Crippen LogP contribution in [0, 0.1) is 12.7 Å². The van der Waals surface area contributed by atoms with Crippen LogP contribution in [-0.2, 0) is 20.8 Å². The lowest BCUT2D eigenvalue weighted by molar-refractivity contribution is -0.132. The fraction of sp³-hybridized carbons (Fsp3) is 0.459. The van der Waals surface area contributed by atoms with Gasteiger partial charge in [-0.05, 0) is 89.8 Å². The first-order chi connectivity index (χ1) is 23.4. The van der Waals surface area contributed by atoms with E-state index in [2.05, 4.69) is 20.1 Å². The maximum absolute atomic E-state index is 15.2. The fourth-order valence-corrected chi connectivity index (χ4v) is 6.71. The molecule has 49 heavy (non-hydrogen) atoms. The van der Waals surface area contributed by atoms with Gasteiger partial charge in [-0.25, -0.2) is 9.18 Å². The summed E-state index contributed by atoms with van der Waals surface area (Å²) in [5.74, 6) is -0.604. The van der Waals surface area contributed by atoms with Crippen molar-refractivity contribution in [2.24, 2.45) is 0 Å². The molecule has 12 heteroatoms. The average Bonchev–Trinajstić information content (AvgIpc) is 3.69. The number of carbonyl (C=O) groups excluding carboxylic acids is 3. The molecule has 0 saturated carbocycles. The van der Waals surface area contributed by atoms with Gasteiger partial charge in [0.2, 0.25) is 5.91 Å². The number of halogens is 1. The van der Waals surface area contributed by atoms with E-state index in [1.54, 1.807) is 58.2 Å². The van der Waals surface area contributed by atoms with Crippen LogP contribution in [0.15, 0.2) is 54.9 Å². The van der Waals surface area contributed by atoms with Gasteiger partial charge >= 0.3 is 6.09 Å². The molecule has 5 rings (SSSR count). The second kappa shape index (κ2) is 15.2. The molecule has 262 valence electrons. The summed E-state index contributed by atoms with van der Waals surface area (Å²) in [6.45, 7) is 11.6. The molecule has 0 spiro atoms. The molecule has 2 aromatic heterocycles. The van der Waals surface area contributed by atoms with Crippen LogP contribution in [0.5, 0.6) is 0 Å². The maximum Gasteiger partial charge on any atom is 0.415 e. The largest absolute Gasteiger partial charge is 0.443 e. The van der Waals surface area contributed by atoms with E-state index < -0.39 is 17.7 Å². The molecule has 0 aliphatic carbocycles. The number of carbonyl (C=O) groups is 3. The van der Waals surface area contributed by atoms with Gasteiger partial charge in [0.15, 0.2) is 0 Å². The van der Waals surface area contributed by atoms with Gasteiger partial charge in [0, 0.05) is 80.4 Å². The summed E-state index contributed by atoms with van der Waals surface area (Å²) in [4.78, 5) is 43.4. The van der Waals surface area contributed by atoms with Gasteiger partial charge in [0.25, 0.3) is 5.91 Å². The van der Waals surface area contributed by atoms with E-state index in [1.165, 1.54) is 23.4 Å². The molecule has 1 aliphatic heterocycles. The minimum Gasteiger partial charge on any atom is -0.443 e. The highest BCUT2D eigenvalue weighted by atomic mass is 19.1. The number of benzene rings is 2. The highest BCUT2D eigenvalue weighted by Crippen LogP contribution is 2.37. The van der Waals surface area contributed by atoms with Crippen LogP contribution in [0.4, 0.5) is 20.6 Å². The quantitative estimate of drug-likeness (QED) is 0.165. The van der Waals surface area contributed by atoms with Crippen molar-refractivity contribution in [3.63, 3.8) is 0 Å². The maximum atomic E-state index is 15.2. The third-order valence-corrected chi connectivity index (χ3v) is 8.89. The predicted molar refractivity (Wildman–Crippen MR) is 187 cm³/mol. The Bertz CT molecular complexity index is 1760. The van der Waals surface area contributed by atoms with Crippen molar-refractivity contribution in [1.82, 2.24) is 19.7 Å². The Morgan fingerprint density at radius 1 is 1.16 bits per heavy atom. The number of ether oxygens (including phenoxy) is 2. The number of nitrogens with zero attached hydrogens (tertiary/aromatic N) is 4. The minimum atomic E-state index is -0.753. The van der Waals surface area contributed by atoms with Gasteiger partial charge in [-0.1, -0.05) is 12.1 Å². The highest BCUT2D eigenvalue weighted by Gasteiger charge is 2.33. The third kappa shape index (κ3) is 8.30. The van der Waals surface area contributed by atoms with Crippen molar-refractivity contribution >= 4 is 40.2 Å². The van der Waals surface area contributed by atoms with Gasteiger partial charge in [-0.15, -0.1) is 0 Å². The van der Waals surface area contributed by atoms with Crippen molar-refractivity contribution < 1.29 is 28.2 Å². The summed E-state index contributed by atoms with van der Waals surface area (Å²) in [5.41, 5.74) is 3.42. The van der Waals surface area contributed by atoms with E-state index in [0.717, 1.165) is 35.9 Å². The molecular weight excluding hydrogens is 627 g/mol. The molecule has 2 N–H and O–H groups in total. The van der Waals surface area contributed by atoms with Crippen LogP contribution < -0.4 is 10.2 Å². The molecule has 0 radical (unpaired) electrons. The van der Waals surface area contributed by atoms with E-state index in [9.17, 15) is 14.4 Å². The first kappa shape index (κ1) is 35.6. The van der Waals surface area contributed by atoms with Crippen LogP contribution in [0.2, 0.25) is 0 Å².